The lowest BCUT2D eigenvalue weighted by Crippen LogP contribution is -2.30. The maximum Gasteiger partial charge on any atom is 0.306 e. The van der Waals surface area contributed by atoms with Gasteiger partial charge in [-0.1, -0.05) is 338 Å². The summed E-state index contributed by atoms with van der Waals surface area (Å²) in [6.45, 7) is 6.50. The van der Waals surface area contributed by atoms with Crippen molar-refractivity contribution >= 4 is 17.9 Å². The number of hydrogen-bond acceptors (Lipinski definition) is 6. The summed E-state index contributed by atoms with van der Waals surface area (Å²) >= 11 is 0. The third-order valence-corrected chi connectivity index (χ3v) is 15.7. The molecule has 470 valence electrons. The Kier molecular flexibility index (Phi) is 66.6. The smallest absolute Gasteiger partial charge is 0.306 e. The van der Waals surface area contributed by atoms with Crippen LogP contribution in [0.3, 0.4) is 0 Å². The van der Waals surface area contributed by atoms with Gasteiger partial charge in [0.05, 0.1) is 0 Å². The van der Waals surface area contributed by atoms with Crippen LogP contribution in [0, 0.1) is 0 Å². The van der Waals surface area contributed by atoms with Crippen LogP contribution in [-0.4, -0.2) is 37.2 Å². The molecule has 0 aliphatic rings. The molecule has 0 aromatic heterocycles. The van der Waals surface area contributed by atoms with Crippen LogP contribution in [0.2, 0.25) is 0 Å². The molecule has 0 saturated carbocycles. The van der Waals surface area contributed by atoms with Crippen molar-refractivity contribution in [1.29, 1.82) is 0 Å². The number of hydrogen-bond donors (Lipinski definition) is 0. The fourth-order valence-corrected chi connectivity index (χ4v) is 10.4. The van der Waals surface area contributed by atoms with E-state index in [0.717, 1.165) is 109 Å². The van der Waals surface area contributed by atoms with Crippen LogP contribution in [0.5, 0.6) is 0 Å². The molecule has 1 unspecified atom stereocenters. The van der Waals surface area contributed by atoms with Crippen molar-refractivity contribution in [2.75, 3.05) is 13.2 Å². The first-order valence-corrected chi connectivity index (χ1v) is 35.4. The third kappa shape index (κ3) is 67.5. The van der Waals surface area contributed by atoms with Crippen molar-refractivity contribution in [2.45, 2.75) is 374 Å². The van der Waals surface area contributed by atoms with Crippen LogP contribution in [0.1, 0.15) is 367 Å². The van der Waals surface area contributed by atoms with E-state index in [9.17, 15) is 14.4 Å². The van der Waals surface area contributed by atoms with E-state index >= 15 is 0 Å². The van der Waals surface area contributed by atoms with Gasteiger partial charge in [-0.3, -0.25) is 14.4 Å². The summed E-state index contributed by atoms with van der Waals surface area (Å²) in [5, 5.41) is 0. The predicted molar refractivity (Wildman–Crippen MR) is 353 cm³/mol. The van der Waals surface area contributed by atoms with E-state index in [4.69, 9.17) is 14.2 Å². The lowest BCUT2D eigenvalue weighted by Gasteiger charge is -2.18. The van der Waals surface area contributed by atoms with Crippen molar-refractivity contribution in [1.82, 2.24) is 0 Å². The first-order valence-electron chi connectivity index (χ1n) is 35.4. The molecule has 0 aromatic rings. The highest BCUT2D eigenvalue weighted by Gasteiger charge is 2.19. The summed E-state index contributed by atoms with van der Waals surface area (Å²) in [4.78, 5) is 38.3. The van der Waals surface area contributed by atoms with E-state index in [2.05, 4.69) is 93.7 Å². The summed E-state index contributed by atoms with van der Waals surface area (Å²) in [5.41, 5.74) is 0. The van der Waals surface area contributed by atoms with Gasteiger partial charge in [-0.15, -0.1) is 0 Å². The number of unbranched alkanes of at least 4 members (excludes halogenated alkanes) is 42. The summed E-state index contributed by atoms with van der Waals surface area (Å²) in [7, 11) is 0. The second kappa shape index (κ2) is 69.3. The molecule has 0 amide bonds. The van der Waals surface area contributed by atoms with Gasteiger partial charge in [-0.05, 0) is 83.5 Å². The molecule has 0 saturated heterocycles. The molecule has 0 heterocycles. The summed E-state index contributed by atoms with van der Waals surface area (Å²) in [6, 6.07) is 0. The van der Waals surface area contributed by atoms with Crippen molar-refractivity contribution in [3.8, 4) is 0 Å². The van der Waals surface area contributed by atoms with Crippen LogP contribution in [0.25, 0.3) is 0 Å². The van der Waals surface area contributed by atoms with Crippen LogP contribution < -0.4 is 0 Å². The highest BCUT2D eigenvalue weighted by atomic mass is 16.6. The number of allylic oxidation sites excluding steroid dienone is 12. The highest BCUT2D eigenvalue weighted by molar-refractivity contribution is 5.71. The van der Waals surface area contributed by atoms with Gasteiger partial charge in [-0.2, -0.15) is 0 Å². The molecule has 0 aliphatic carbocycles. The van der Waals surface area contributed by atoms with Crippen molar-refractivity contribution < 1.29 is 28.6 Å². The average Bonchev–Trinajstić information content (AvgIpc) is 3.46. The molecular formula is C75H134O6. The molecule has 0 spiro atoms. The Bertz CT molecular complexity index is 1490. The zero-order valence-corrected chi connectivity index (χ0v) is 54.1. The number of ether oxygens (including phenoxy) is 3. The van der Waals surface area contributed by atoms with Gasteiger partial charge in [0.25, 0.3) is 0 Å². The van der Waals surface area contributed by atoms with Crippen molar-refractivity contribution in [2.24, 2.45) is 0 Å². The van der Waals surface area contributed by atoms with Gasteiger partial charge >= 0.3 is 17.9 Å². The van der Waals surface area contributed by atoms with Gasteiger partial charge in [0, 0.05) is 19.3 Å². The molecule has 81 heavy (non-hydrogen) atoms. The van der Waals surface area contributed by atoms with Crippen molar-refractivity contribution in [3.63, 3.8) is 0 Å². The van der Waals surface area contributed by atoms with E-state index in [-0.39, 0.29) is 31.1 Å². The quantitative estimate of drug-likeness (QED) is 0.0261. The maximum atomic E-state index is 12.9. The van der Waals surface area contributed by atoms with E-state index < -0.39 is 6.10 Å². The zero-order chi connectivity index (χ0) is 58.5. The Labute approximate surface area is 503 Å². The molecule has 1 atom stereocenters. The minimum atomic E-state index is -0.777. The van der Waals surface area contributed by atoms with Crippen molar-refractivity contribution in [3.05, 3.63) is 72.9 Å². The Morgan fingerprint density at radius 3 is 0.802 bits per heavy atom. The van der Waals surface area contributed by atoms with Crippen LogP contribution in [-0.2, 0) is 28.6 Å². The molecule has 0 aliphatic heterocycles. The normalized spacial score (nSPS) is 12.5. The van der Waals surface area contributed by atoms with Gasteiger partial charge in [0.2, 0.25) is 0 Å². The topological polar surface area (TPSA) is 78.9 Å². The third-order valence-electron chi connectivity index (χ3n) is 15.7. The van der Waals surface area contributed by atoms with Crippen LogP contribution >= 0.6 is 0 Å². The minimum absolute atomic E-state index is 0.0734. The molecule has 0 rings (SSSR count). The Balaban J connectivity index is 4.07. The molecule has 0 fully saturated rings. The average molecular weight is 1130 g/mol. The van der Waals surface area contributed by atoms with E-state index in [1.54, 1.807) is 0 Å². The molecule has 0 radical (unpaired) electrons. The predicted octanol–water partition coefficient (Wildman–Crippen LogP) is 24.4. The second-order valence-electron chi connectivity index (χ2n) is 23.8. The largest absolute Gasteiger partial charge is 0.462 e. The molecular weight excluding hydrogens is 997 g/mol. The molecule has 6 heteroatoms. The monoisotopic (exact) mass is 1130 g/mol. The zero-order valence-electron chi connectivity index (χ0n) is 54.1. The Morgan fingerprint density at radius 1 is 0.259 bits per heavy atom. The Hall–Kier alpha value is -3.15. The van der Waals surface area contributed by atoms with E-state index in [0.29, 0.717) is 19.3 Å². The number of rotatable bonds is 65. The molecule has 0 bridgehead atoms. The standard InChI is InChI=1S/C75H134O6/c1-4-7-10-13-16-19-22-25-27-28-29-30-31-32-33-34-35-36-37-38-39-40-41-42-43-44-45-46-48-50-53-56-59-62-65-68-74(77)80-71-72(70-79-73(76)67-64-61-58-55-52-49-24-21-18-15-12-9-6-3)81-75(78)69-66-63-60-57-54-51-47-26-23-20-17-14-11-8-5-2/h7,10,12,15-16,19,21,24-25,27,29-30,72H,4-6,8-9,11,13-14,17-18,20,22-23,26,28,31-71H2,1-3H3/b10-7-,15-12-,19-16-,24-21-,27-25-,30-29-. The first-order chi connectivity index (χ1) is 40.0. The maximum absolute atomic E-state index is 12.9. The Morgan fingerprint density at radius 2 is 0.506 bits per heavy atom. The SMILES string of the molecule is CC/C=C\C/C=C\C/C=C\C/C=C\CCCCCCCCCCCCCCCCCCCCCCCCC(=O)OCC(COC(=O)CCCCCCC/C=C\C/C=C\CCC)OC(=O)CCCCCCCCCCCCCCCCC. The lowest BCUT2D eigenvalue weighted by molar-refractivity contribution is -0.167. The van der Waals surface area contributed by atoms with Gasteiger partial charge < -0.3 is 14.2 Å². The fourth-order valence-electron chi connectivity index (χ4n) is 10.4. The summed E-state index contributed by atoms with van der Waals surface area (Å²) < 4.78 is 16.9. The van der Waals surface area contributed by atoms with Crippen LogP contribution in [0.15, 0.2) is 72.9 Å². The first kappa shape index (κ1) is 77.9. The lowest BCUT2D eigenvalue weighted by atomic mass is 10.0. The number of carbonyl (C=O) groups excluding carboxylic acids is 3. The molecule has 0 N–H and O–H groups in total. The van der Waals surface area contributed by atoms with Crippen LogP contribution in [0.4, 0.5) is 0 Å². The fraction of sp³-hybridized carbons (Fsp3) is 0.800. The number of esters is 3. The second-order valence-corrected chi connectivity index (χ2v) is 23.8. The van der Waals surface area contributed by atoms with Gasteiger partial charge in [0.1, 0.15) is 13.2 Å². The molecule has 0 aromatic carbocycles. The van der Waals surface area contributed by atoms with Gasteiger partial charge in [-0.25, -0.2) is 0 Å². The van der Waals surface area contributed by atoms with E-state index in [1.807, 2.05) is 0 Å². The summed E-state index contributed by atoms with van der Waals surface area (Å²) in [6.07, 6.45) is 90.9. The minimum Gasteiger partial charge on any atom is -0.462 e. The highest BCUT2D eigenvalue weighted by Crippen LogP contribution is 2.18. The number of carbonyl (C=O) groups is 3. The van der Waals surface area contributed by atoms with Gasteiger partial charge in [0.15, 0.2) is 6.10 Å². The summed E-state index contributed by atoms with van der Waals surface area (Å²) in [5.74, 6) is -0.865. The molecule has 6 nitrogen and oxygen atoms in total. The van der Waals surface area contributed by atoms with E-state index in [1.165, 1.54) is 218 Å².